The number of amides is 1. The van der Waals surface area contributed by atoms with Gasteiger partial charge in [0.05, 0.1) is 24.1 Å². The normalized spacial score (nSPS) is 11.1. The fourth-order valence-electron chi connectivity index (χ4n) is 3.29. The molecule has 0 bridgehead atoms. The second-order valence-electron chi connectivity index (χ2n) is 8.88. The van der Waals surface area contributed by atoms with Crippen LogP contribution in [0.15, 0.2) is 47.0 Å². The fraction of sp³-hybridized carbons (Fsp3) is 0.346. The summed E-state index contributed by atoms with van der Waals surface area (Å²) in [7, 11) is 1.53. The molecule has 0 spiro atoms. The van der Waals surface area contributed by atoms with Gasteiger partial charge in [-0.05, 0) is 49.1 Å². The van der Waals surface area contributed by atoms with Gasteiger partial charge in [0.2, 0.25) is 0 Å². The lowest BCUT2D eigenvalue weighted by Gasteiger charge is -2.21. The maximum Gasteiger partial charge on any atom is 0.342 e. The number of carbonyl (C=O) groups excluding carboxylic acids is 2. The van der Waals surface area contributed by atoms with Crippen molar-refractivity contribution >= 4 is 17.6 Å². The van der Waals surface area contributed by atoms with Gasteiger partial charge in [-0.25, -0.2) is 4.79 Å². The van der Waals surface area contributed by atoms with E-state index in [0.717, 1.165) is 16.8 Å². The molecule has 0 aliphatic carbocycles. The third kappa shape index (κ3) is 5.95. The van der Waals surface area contributed by atoms with Gasteiger partial charge < -0.3 is 24.1 Å². The van der Waals surface area contributed by atoms with Crippen LogP contribution in [0.4, 0.5) is 5.69 Å². The summed E-state index contributed by atoms with van der Waals surface area (Å²) in [6.45, 7) is 9.58. The zero-order valence-corrected chi connectivity index (χ0v) is 20.4. The predicted molar refractivity (Wildman–Crippen MR) is 127 cm³/mol. The van der Waals surface area contributed by atoms with Gasteiger partial charge in [0, 0.05) is 0 Å². The van der Waals surface area contributed by atoms with E-state index in [-0.39, 0.29) is 17.6 Å². The van der Waals surface area contributed by atoms with E-state index in [0.29, 0.717) is 22.9 Å². The molecule has 0 aliphatic heterocycles. The van der Waals surface area contributed by atoms with Crippen molar-refractivity contribution in [1.29, 1.82) is 0 Å². The molecule has 0 saturated heterocycles. The number of methoxy groups -OCH3 is 1. The summed E-state index contributed by atoms with van der Waals surface area (Å²) in [5.41, 5.74) is 3.19. The largest absolute Gasteiger partial charge is 0.495 e. The molecule has 0 atom stereocenters. The average Bonchev–Trinajstić information content (AvgIpc) is 3.12. The lowest BCUT2D eigenvalue weighted by atomic mass is 9.87. The Kier molecular flexibility index (Phi) is 7.61. The van der Waals surface area contributed by atoms with E-state index < -0.39 is 18.5 Å². The Labute approximate surface area is 199 Å². The van der Waals surface area contributed by atoms with Crippen LogP contribution < -0.4 is 14.8 Å². The molecule has 3 aromatic rings. The average molecular weight is 467 g/mol. The number of hydrogen-bond donors (Lipinski definition) is 1. The number of esters is 1. The first kappa shape index (κ1) is 24.8. The number of nitrogens with one attached hydrogen (secondary N) is 1. The van der Waals surface area contributed by atoms with Crippen LogP contribution in [0.25, 0.3) is 0 Å². The first-order valence-corrected chi connectivity index (χ1v) is 10.9. The lowest BCUT2D eigenvalue weighted by Crippen LogP contribution is -2.22. The summed E-state index contributed by atoms with van der Waals surface area (Å²) in [6.07, 6.45) is 0. The van der Waals surface area contributed by atoms with Gasteiger partial charge in [-0.15, -0.1) is 0 Å². The summed E-state index contributed by atoms with van der Waals surface area (Å²) in [5, 5.41) is 6.66. The molecule has 0 aliphatic rings. The predicted octanol–water partition coefficient (Wildman–Crippen LogP) is 4.97. The van der Waals surface area contributed by atoms with Gasteiger partial charge in [0.25, 0.3) is 5.91 Å². The number of aryl methyl sites for hydroxylation is 2. The molecule has 1 amide bonds. The van der Waals surface area contributed by atoms with Gasteiger partial charge in [0.1, 0.15) is 29.4 Å². The lowest BCUT2D eigenvalue weighted by molar-refractivity contribution is -0.119. The van der Waals surface area contributed by atoms with Gasteiger partial charge in [0.15, 0.2) is 6.61 Å². The number of rotatable bonds is 8. The standard InChI is InChI=1S/C26H30N2O6/c1-16-20(17(2)34-28-16)14-32-22-10-8-7-9-19(22)25(30)33-15-24(29)27-21-13-18(26(3,4)5)11-12-23(21)31-6/h7-13H,14-15H2,1-6H3,(H,27,29). The Bertz CT molecular complexity index is 1160. The quantitative estimate of drug-likeness (QED) is 0.468. The molecular formula is C26H30N2O6. The second-order valence-corrected chi connectivity index (χ2v) is 8.88. The third-order valence-electron chi connectivity index (χ3n) is 5.33. The van der Waals surface area contributed by atoms with E-state index in [1.165, 1.54) is 7.11 Å². The highest BCUT2D eigenvalue weighted by molar-refractivity contribution is 5.97. The van der Waals surface area contributed by atoms with Crippen LogP contribution in [0, 0.1) is 13.8 Å². The molecule has 8 heteroatoms. The van der Waals surface area contributed by atoms with Crippen molar-refractivity contribution in [3.63, 3.8) is 0 Å². The molecule has 1 N–H and O–H groups in total. The summed E-state index contributed by atoms with van der Waals surface area (Å²) in [5.74, 6) is 0.366. The molecular weight excluding hydrogens is 436 g/mol. The van der Waals surface area contributed by atoms with Crippen molar-refractivity contribution < 1.29 is 28.3 Å². The van der Waals surface area contributed by atoms with Crippen LogP contribution >= 0.6 is 0 Å². The van der Waals surface area contributed by atoms with Gasteiger partial charge >= 0.3 is 5.97 Å². The highest BCUT2D eigenvalue weighted by atomic mass is 16.5. The molecule has 0 radical (unpaired) electrons. The van der Waals surface area contributed by atoms with Crippen LogP contribution in [-0.2, 0) is 21.6 Å². The summed E-state index contributed by atoms with van der Waals surface area (Å²) >= 11 is 0. The van der Waals surface area contributed by atoms with Crippen molar-refractivity contribution in [2.75, 3.05) is 19.0 Å². The van der Waals surface area contributed by atoms with Crippen LogP contribution in [0.5, 0.6) is 11.5 Å². The topological polar surface area (TPSA) is 99.9 Å². The molecule has 1 aromatic heterocycles. The number of benzene rings is 2. The van der Waals surface area contributed by atoms with Crippen molar-refractivity contribution in [2.24, 2.45) is 0 Å². The maximum atomic E-state index is 12.7. The minimum absolute atomic E-state index is 0.106. The Morgan fingerprint density at radius 2 is 1.79 bits per heavy atom. The molecule has 8 nitrogen and oxygen atoms in total. The molecule has 1 heterocycles. The third-order valence-corrected chi connectivity index (χ3v) is 5.33. The van der Waals surface area contributed by atoms with Gasteiger partial charge in [-0.3, -0.25) is 4.79 Å². The van der Waals surface area contributed by atoms with Crippen molar-refractivity contribution in [2.45, 2.75) is 46.6 Å². The highest BCUT2D eigenvalue weighted by Crippen LogP contribution is 2.31. The van der Waals surface area contributed by atoms with E-state index in [1.807, 2.05) is 19.1 Å². The smallest absolute Gasteiger partial charge is 0.342 e. The number of anilines is 1. The van der Waals surface area contributed by atoms with E-state index in [1.54, 1.807) is 37.3 Å². The maximum absolute atomic E-state index is 12.7. The monoisotopic (exact) mass is 466 g/mol. The van der Waals surface area contributed by atoms with Crippen LogP contribution in [0.1, 0.15) is 53.7 Å². The molecule has 2 aromatic carbocycles. The minimum Gasteiger partial charge on any atom is -0.495 e. The highest BCUT2D eigenvalue weighted by Gasteiger charge is 2.19. The van der Waals surface area contributed by atoms with E-state index >= 15 is 0 Å². The Morgan fingerprint density at radius 3 is 2.44 bits per heavy atom. The number of aromatic nitrogens is 1. The molecule has 3 rings (SSSR count). The SMILES string of the molecule is COc1ccc(C(C)(C)C)cc1NC(=O)COC(=O)c1ccccc1OCc1c(C)noc1C. The van der Waals surface area contributed by atoms with Gasteiger partial charge in [-0.1, -0.05) is 44.1 Å². The van der Waals surface area contributed by atoms with Crippen LogP contribution in [0.3, 0.4) is 0 Å². The zero-order valence-electron chi connectivity index (χ0n) is 20.4. The number of nitrogens with zero attached hydrogens (tertiary/aromatic N) is 1. The van der Waals surface area contributed by atoms with Crippen LogP contribution in [-0.4, -0.2) is 30.7 Å². The Morgan fingerprint density at radius 1 is 1.06 bits per heavy atom. The molecule has 34 heavy (non-hydrogen) atoms. The Balaban J connectivity index is 1.65. The second kappa shape index (κ2) is 10.4. The first-order valence-electron chi connectivity index (χ1n) is 10.9. The summed E-state index contributed by atoms with van der Waals surface area (Å²) < 4.78 is 21.6. The molecule has 180 valence electrons. The van der Waals surface area contributed by atoms with E-state index in [4.69, 9.17) is 18.7 Å². The van der Waals surface area contributed by atoms with Crippen molar-refractivity contribution in [3.05, 3.63) is 70.6 Å². The summed E-state index contributed by atoms with van der Waals surface area (Å²) in [4.78, 5) is 25.2. The van der Waals surface area contributed by atoms with Crippen molar-refractivity contribution in [3.8, 4) is 11.5 Å². The number of ether oxygens (including phenoxy) is 3. The number of hydrogen-bond acceptors (Lipinski definition) is 7. The first-order chi connectivity index (χ1) is 16.1. The molecule has 0 fully saturated rings. The number of carbonyl (C=O) groups is 2. The fourth-order valence-corrected chi connectivity index (χ4v) is 3.29. The van der Waals surface area contributed by atoms with Gasteiger partial charge in [-0.2, -0.15) is 0 Å². The Hall–Kier alpha value is -3.81. The van der Waals surface area contributed by atoms with Crippen LogP contribution in [0.2, 0.25) is 0 Å². The molecule has 0 saturated carbocycles. The zero-order chi connectivity index (χ0) is 24.9. The van der Waals surface area contributed by atoms with E-state index in [9.17, 15) is 9.59 Å². The minimum atomic E-state index is -0.667. The van der Waals surface area contributed by atoms with Crippen molar-refractivity contribution in [1.82, 2.24) is 5.16 Å². The summed E-state index contributed by atoms with van der Waals surface area (Å²) in [6, 6.07) is 12.3. The number of para-hydroxylation sites is 1. The molecule has 0 unspecified atom stereocenters. The van der Waals surface area contributed by atoms with E-state index in [2.05, 4.69) is 31.2 Å².